The van der Waals surface area contributed by atoms with Gasteiger partial charge in [-0.05, 0) is 26.2 Å². The Balaban J connectivity index is 2.17. The number of aromatic nitrogens is 3. The molecule has 21 heavy (non-hydrogen) atoms. The summed E-state index contributed by atoms with van der Waals surface area (Å²) in [7, 11) is 1.75. The van der Waals surface area contributed by atoms with Crippen molar-refractivity contribution >= 4 is 11.9 Å². The lowest BCUT2D eigenvalue weighted by molar-refractivity contribution is 0.0888. The van der Waals surface area contributed by atoms with E-state index in [4.69, 9.17) is 9.47 Å². The van der Waals surface area contributed by atoms with Crippen LogP contribution in [0, 0.1) is 0 Å². The molecule has 7 nitrogen and oxygen atoms in total. The van der Waals surface area contributed by atoms with Crippen molar-refractivity contribution in [1.29, 1.82) is 0 Å². The van der Waals surface area contributed by atoms with Crippen LogP contribution in [0.2, 0.25) is 0 Å². The van der Waals surface area contributed by atoms with Gasteiger partial charge in [-0.1, -0.05) is 6.92 Å². The maximum absolute atomic E-state index is 5.57. The van der Waals surface area contributed by atoms with Crippen molar-refractivity contribution in [2.75, 3.05) is 43.6 Å². The van der Waals surface area contributed by atoms with Gasteiger partial charge in [0, 0.05) is 26.7 Å². The number of hydrogen-bond acceptors (Lipinski definition) is 7. The Hall–Kier alpha value is -1.63. The molecule has 0 spiro atoms. The van der Waals surface area contributed by atoms with Crippen LogP contribution in [-0.2, 0) is 4.74 Å². The molecule has 1 aliphatic rings. The number of nitrogens with zero attached hydrogens (tertiary/aromatic N) is 4. The maximum Gasteiger partial charge on any atom is 0.323 e. The third-order valence-corrected chi connectivity index (χ3v) is 3.37. The molecule has 1 fully saturated rings. The second kappa shape index (κ2) is 7.97. The summed E-state index contributed by atoms with van der Waals surface area (Å²) < 4.78 is 11.0. The summed E-state index contributed by atoms with van der Waals surface area (Å²) in [5, 5.41) is 3.13. The summed E-state index contributed by atoms with van der Waals surface area (Å²) >= 11 is 0. The molecule has 118 valence electrons. The average molecular weight is 295 g/mol. The van der Waals surface area contributed by atoms with E-state index in [0.717, 1.165) is 38.9 Å². The van der Waals surface area contributed by atoms with Crippen LogP contribution in [-0.4, -0.2) is 54.4 Å². The molecule has 1 aromatic heterocycles. The molecule has 1 N–H and O–H groups in total. The number of ether oxygens (including phenoxy) is 2. The van der Waals surface area contributed by atoms with Gasteiger partial charge in [-0.15, -0.1) is 0 Å². The Morgan fingerprint density at radius 3 is 2.86 bits per heavy atom. The number of methoxy groups -OCH3 is 1. The summed E-state index contributed by atoms with van der Waals surface area (Å²) in [6.45, 7) is 7.17. The molecular weight excluding hydrogens is 270 g/mol. The van der Waals surface area contributed by atoms with Crippen LogP contribution in [0.3, 0.4) is 0 Å². The van der Waals surface area contributed by atoms with Crippen molar-refractivity contribution in [1.82, 2.24) is 15.0 Å². The van der Waals surface area contributed by atoms with E-state index in [1.807, 2.05) is 6.92 Å². The first-order valence-electron chi connectivity index (χ1n) is 7.67. The first-order chi connectivity index (χ1) is 10.3. The number of piperidine rings is 1. The Labute approximate surface area is 126 Å². The Bertz CT molecular complexity index is 443. The molecule has 1 aromatic rings. The summed E-state index contributed by atoms with van der Waals surface area (Å²) in [5.41, 5.74) is 0. The van der Waals surface area contributed by atoms with E-state index in [9.17, 15) is 0 Å². The molecule has 0 bridgehead atoms. The fraction of sp³-hybridized carbons (Fsp3) is 0.786. The largest absolute Gasteiger partial charge is 0.463 e. The monoisotopic (exact) mass is 295 g/mol. The SMILES string of the molecule is CCCOc1nc(NCC)nc(N2CCCC(OC)C2)n1. The molecular formula is C14H25N5O2. The molecule has 1 saturated heterocycles. The summed E-state index contributed by atoms with van der Waals surface area (Å²) in [4.78, 5) is 15.3. The predicted molar refractivity (Wildman–Crippen MR) is 82.0 cm³/mol. The molecule has 7 heteroatoms. The summed E-state index contributed by atoms with van der Waals surface area (Å²) in [5.74, 6) is 1.22. The highest BCUT2D eigenvalue weighted by Crippen LogP contribution is 2.20. The Morgan fingerprint density at radius 1 is 1.29 bits per heavy atom. The van der Waals surface area contributed by atoms with E-state index >= 15 is 0 Å². The van der Waals surface area contributed by atoms with Crippen LogP contribution in [0.15, 0.2) is 0 Å². The van der Waals surface area contributed by atoms with Gasteiger partial charge in [-0.2, -0.15) is 15.0 Å². The van der Waals surface area contributed by atoms with E-state index in [0.29, 0.717) is 24.5 Å². The van der Waals surface area contributed by atoms with Gasteiger partial charge in [0.15, 0.2) is 0 Å². The van der Waals surface area contributed by atoms with E-state index in [1.54, 1.807) is 7.11 Å². The van der Waals surface area contributed by atoms with Crippen LogP contribution >= 0.6 is 0 Å². The summed E-state index contributed by atoms with van der Waals surface area (Å²) in [6.07, 6.45) is 3.31. The Kier molecular flexibility index (Phi) is 5.98. The molecule has 0 aromatic carbocycles. The highest BCUT2D eigenvalue weighted by Gasteiger charge is 2.22. The van der Waals surface area contributed by atoms with Gasteiger partial charge in [0.05, 0.1) is 12.7 Å². The van der Waals surface area contributed by atoms with Crippen molar-refractivity contribution in [3.63, 3.8) is 0 Å². The molecule has 0 amide bonds. The topological polar surface area (TPSA) is 72.4 Å². The van der Waals surface area contributed by atoms with Gasteiger partial charge in [-0.3, -0.25) is 0 Å². The second-order valence-electron chi connectivity index (χ2n) is 5.07. The highest BCUT2D eigenvalue weighted by atomic mass is 16.5. The van der Waals surface area contributed by atoms with Crippen LogP contribution in [0.1, 0.15) is 33.1 Å². The van der Waals surface area contributed by atoms with Gasteiger partial charge in [0.2, 0.25) is 11.9 Å². The molecule has 1 atom stereocenters. The molecule has 2 heterocycles. The zero-order chi connectivity index (χ0) is 15.1. The van der Waals surface area contributed by atoms with Gasteiger partial charge < -0.3 is 19.7 Å². The number of anilines is 2. The molecule has 1 aliphatic heterocycles. The quantitative estimate of drug-likeness (QED) is 0.821. The number of hydrogen-bond donors (Lipinski definition) is 1. The van der Waals surface area contributed by atoms with Crippen LogP contribution in [0.5, 0.6) is 6.01 Å². The van der Waals surface area contributed by atoms with E-state index in [-0.39, 0.29) is 6.10 Å². The average Bonchev–Trinajstić information content (AvgIpc) is 2.53. The smallest absolute Gasteiger partial charge is 0.323 e. The third kappa shape index (κ3) is 4.42. The molecule has 0 radical (unpaired) electrons. The molecule has 0 saturated carbocycles. The zero-order valence-electron chi connectivity index (χ0n) is 13.1. The van der Waals surface area contributed by atoms with Gasteiger partial charge >= 0.3 is 6.01 Å². The fourth-order valence-corrected chi connectivity index (χ4v) is 2.29. The lowest BCUT2D eigenvalue weighted by atomic mass is 10.1. The Morgan fingerprint density at radius 2 is 2.14 bits per heavy atom. The first-order valence-corrected chi connectivity index (χ1v) is 7.67. The lowest BCUT2D eigenvalue weighted by Gasteiger charge is -2.31. The minimum Gasteiger partial charge on any atom is -0.463 e. The van der Waals surface area contributed by atoms with Gasteiger partial charge in [0.1, 0.15) is 0 Å². The molecule has 2 rings (SSSR count). The third-order valence-electron chi connectivity index (χ3n) is 3.37. The zero-order valence-corrected chi connectivity index (χ0v) is 13.1. The molecule has 1 unspecified atom stereocenters. The normalized spacial score (nSPS) is 18.6. The first kappa shape index (κ1) is 15.8. The van der Waals surface area contributed by atoms with Crippen molar-refractivity contribution in [2.45, 2.75) is 39.2 Å². The predicted octanol–water partition coefficient (Wildman–Crippen LogP) is 1.71. The van der Waals surface area contributed by atoms with Crippen molar-refractivity contribution in [3.8, 4) is 6.01 Å². The van der Waals surface area contributed by atoms with Gasteiger partial charge in [0.25, 0.3) is 0 Å². The van der Waals surface area contributed by atoms with Crippen LogP contribution in [0.25, 0.3) is 0 Å². The minimum absolute atomic E-state index is 0.234. The maximum atomic E-state index is 5.57. The van der Waals surface area contributed by atoms with Crippen molar-refractivity contribution in [2.24, 2.45) is 0 Å². The van der Waals surface area contributed by atoms with E-state index in [2.05, 4.69) is 32.1 Å². The van der Waals surface area contributed by atoms with E-state index < -0.39 is 0 Å². The molecule has 0 aliphatic carbocycles. The van der Waals surface area contributed by atoms with E-state index in [1.165, 1.54) is 0 Å². The van der Waals surface area contributed by atoms with Gasteiger partial charge in [-0.25, -0.2) is 0 Å². The second-order valence-corrected chi connectivity index (χ2v) is 5.07. The van der Waals surface area contributed by atoms with Crippen molar-refractivity contribution in [3.05, 3.63) is 0 Å². The minimum atomic E-state index is 0.234. The fourth-order valence-electron chi connectivity index (χ4n) is 2.29. The van der Waals surface area contributed by atoms with Crippen LogP contribution < -0.4 is 15.0 Å². The number of nitrogens with one attached hydrogen (secondary N) is 1. The lowest BCUT2D eigenvalue weighted by Crippen LogP contribution is -2.40. The summed E-state index contributed by atoms with van der Waals surface area (Å²) in [6, 6.07) is 0.386. The standard InChI is InChI=1S/C14H25N5O2/c1-4-9-21-14-17-12(15-5-2)16-13(18-14)19-8-6-7-11(10-19)20-3/h11H,4-10H2,1-3H3,(H,15,16,17,18). The highest BCUT2D eigenvalue weighted by molar-refractivity contribution is 5.39. The number of rotatable bonds is 7. The van der Waals surface area contributed by atoms with Crippen LogP contribution in [0.4, 0.5) is 11.9 Å². The van der Waals surface area contributed by atoms with Crippen molar-refractivity contribution < 1.29 is 9.47 Å².